The van der Waals surface area contributed by atoms with E-state index in [-0.39, 0.29) is 11.0 Å². The molecule has 3 rings (SSSR count). The highest BCUT2D eigenvalue weighted by atomic mass is 35.5. The Labute approximate surface area is 147 Å². The van der Waals surface area contributed by atoms with Gasteiger partial charge in [-0.1, -0.05) is 11.6 Å². The van der Waals surface area contributed by atoms with Crippen LogP contribution in [0.5, 0.6) is 5.75 Å². The third-order valence-corrected chi connectivity index (χ3v) is 5.21. The Morgan fingerprint density at radius 1 is 1.08 bits per heavy atom. The molecule has 2 aromatic carbocycles. The maximum absolute atomic E-state index is 11.3. The van der Waals surface area contributed by atoms with Crippen molar-refractivity contribution >= 4 is 27.3 Å². The second kappa shape index (κ2) is 7.01. The quantitative estimate of drug-likeness (QED) is 0.902. The SMILES string of the molecule is NS(=O)(=O)c1ccc(N2CCCC(Oc3ccc(Cl)cc3)C2)cc1. The Hall–Kier alpha value is -1.76. The largest absolute Gasteiger partial charge is 0.489 e. The van der Waals surface area contributed by atoms with Gasteiger partial charge in [0.2, 0.25) is 10.0 Å². The first kappa shape index (κ1) is 17.1. The minimum atomic E-state index is -3.66. The highest BCUT2D eigenvalue weighted by Gasteiger charge is 2.22. The van der Waals surface area contributed by atoms with E-state index in [9.17, 15) is 8.42 Å². The van der Waals surface area contributed by atoms with Gasteiger partial charge in [-0.25, -0.2) is 13.6 Å². The molecule has 0 amide bonds. The minimum absolute atomic E-state index is 0.0813. The Morgan fingerprint density at radius 3 is 2.38 bits per heavy atom. The number of rotatable bonds is 4. The van der Waals surface area contributed by atoms with E-state index in [4.69, 9.17) is 21.5 Å². The van der Waals surface area contributed by atoms with Gasteiger partial charge in [-0.2, -0.15) is 0 Å². The Bertz CT molecular complexity index is 792. The van der Waals surface area contributed by atoms with Gasteiger partial charge in [0.15, 0.2) is 0 Å². The third kappa shape index (κ3) is 4.20. The van der Waals surface area contributed by atoms with Crippen LogP contribution in [-0.2, 0) is 10.0 Å². The number of piperidine rings is 1. The molecule has 0 aromatic heterocycles. The molecule has 2 N–H and O–H groups in total. The standard InChI is InChI=1S/C17H19ClN2O3S/c18-13-3-7-15(8-4-13)23-16-2-1-11-20(12-16)14-5-9-17(10-6-14)24(19,21)22/h3-10,16H,1-2,11-12H2,(H2,19,21,22). The third-order valence-electron chi connectivity index (χ3n) is 4.02. The summed E-state index contributed by atoms with van der Waals surface area (Å²) in [4.78, 5) is 2.31. The van der Waals surface area contributed by atoms with Crippen LogP contribution in [0.15, 0.2) is 53.4 Å². The summed E-state index contributed by atoms with van der Waals surface area (Å²) >= 11 is 5.89. The number of sulfonamides is 1. The van der Waals surface area contributed by atoms with Crippen molar-refractivity contribution in [1.82, 2.24) is 0 Å². The van der Waals surface area contributed by atoms with Crippen molar-refractivity contribution < 1.29 is 13.2 Å². The smallest absolute Gasteiger partial charge is 0.238 e. The van der Waals surface area contributed by atoms with Crippen LogP contribution in [0.4, 0.5) is 5.69 Å². The lowest BCUT2D eigenvalue weighted by Gasteiger charge is -2.34. The maximum Gasteiger partial charge on any atom is 0.238 e. The molecule has 1 fully saturated rings. The first-order valence-electron chi connectivity index (χ1n) is 7.72. The summed E-state index contributed by atoms with van der Waals surface area (Å²) in [5.74, 6) is 0.802. The zero-order chi connectivity index (χ0) is 17.2. The van der Waals surface area contributed by atoms with Gasteiger partial charge in [0, 0.05) is 17.3 Å². The second-order valence-electron chi connectivity index (χ2n) is 5.82. The highest BCUT2D eigenvalue weighted by molar-refractivity contribution is 7.89. The highest BCUT2D eigenvalue weighted by Crippen LogP contribution is 2.25. The number of anilines is 1. The van der Waals surface area contributed by atoms with Crippen LogP contribution in [0.2, 0.25) is 5.02 Å². The van der Waals surface area contributed by atoms with Crippen LogP contribution in [-0.4, -0.2) is 27.6 Å². The van der Waals surface area contributed by atoms with Gasteiger partial charge in [-0.05, 0) is 61.4 Å². The summed E-state index contributed by atoms with van der Waals surface area (Å²) in [6.45, 7) is 1.66. The molecular formula is C17H19ClN2O3S. The van der Waals surface area contributed by atoms with Crippen molar-refractivity contribution in [3.63, 3.8) is 0 Å². The van der Waals surface area contributed by atoms with Crippen molar-refractivity contribution in [1.29, 1.82) is 0 Å². The lowest BCUT2D eigenvalue weighted by molar-refractivity contribution is 0.179. The number of benzene rings is 2. The average molecular weight is 367 g/mol. The molecule has 1 atom stereocenters. The molecule has 1 aliphatic heterocycles. The fourth-order valence-corrected chi connectivity index (χ4v) is 3.46. The lowest BCUT2D eigenvalue weighted by Crippen LogP contribution is -2.41. The van der Waals surface area contributed by atoms with E-state index in [0.29, 0.717) is 5.02 Å². The molecule has 5 nitrogen and oxygen atoms in total. The first-order chi connectivity index (χ1) is 11.4. The molecular weight excluding hydrogens is 348 g/mol. The Balaban J connectivity index is 1.68. The second-order valence-corrected chi connectivity index (χ2v) is 7.82. The molecule has 24 heavy (non-hydrogen) atoms. The van der Waals surface area contributed by atoms with Crippen molar-refractivity contribution in [3.05, 3.63) is 53.6 Å². The van der Waals surface area contributed by atoms with Gasteiger partial charge in [-0.3, -0.25) is 0 Å². The van der Waals surface area contributed by atoms with E-state index < -0.39 is 10.0 Å². The topological polar surface area (TPSA) is 72.6 Å². The molecule has 0 radical (unpaired) electrons. The van der Waals surface area contributed by atoms with E-state index in [1.807, 2.05) is 24.3 Å². The fourth-order valence-electron chi connectivity index (χ4n) is 2.82. The summed E-state index contributed by atoms with van der Waals surface area (Å²) in [5.41, 5.74) is 0.965. The molecule has 0 saturated carbocycles. The van der Waals surface area contributed by atoms with Crippen LogP contribution in [0.3, 0.4) is 0 Å². The fraction of sp³-hybridized carbons (Fsp3) is 0.294. The van der Waals surface area contributed by atoms with E-state index in [1.165, 1.54) is 12.1 Å². The zero-order valence-corrected chi connectivity index (χ0v) is 14.6. The van der Waals surface area contributed by atoms with Gasteiger partial charge < -0.3 is 9.64 Å². The number of ether oxygens (including phenoxy) is 1. The zero-order valence-electron chi connectivity index (χ0n) is 13.1. The number of nitrogens with zero attached hydrogens (tertiary/aromatic N) is 1. The number of hydrogen-bond acceptors (Lipinski definition) is 4. The molecule has 2 aromatic rings. The predicted octanol–water partition coefficient (Wildman–Crippen LogP) is 3.04. The predicted molar refractivity (Wildman–Crippen MR) is 95.1 cm³/mol. The Morgan fingerprint density at radius 2 is 1.75 bits per heavy atom. The van der Waals surface area contributed by atoms with Gasteiger partial charge >= 0.3 is 0 Å². The van der Waals surface area contributed by atoms with Crippen LogP contribution >= 0.6 is 11.6 Å². The van der Waals surface area contributed by atoms with Gasteiger partial charge in [0.25, 0.3) is 0 Å². The normalized spacial score (nSPS) is 18.4. The van der Waals surface area contributed by atoms with E-state index in [2.05, 4.69) is 4.90 Å². The molecule has 0 spiro atoms. The van der Waals surface area contributed by atoms with Crippen molar-refractivity contribution in [2.45, 2.75) is 23.8 Å². The maximum atomic E-state index is 11.3. The summed E-state index contributed by atoms with van der Waals surface area (Å²) in [7, 11) is -3.66. The number of hydrogen-bond donors (Lipinski definition) is 1. The van der Waals surface area contributed by atoms with Crippen LogP contribution in [0, 0.1) is 0 Å². The van der Waals surface area contributed by atoms with Gasteiger partial charge in [-0.15, -0.1) is 0 Å². The molecule has 1 aliphatic rings. The molecule has 1 unspecified atom stereocenters. The van der Waals surface area contributed by atoms with Crippen LogP contribution < -0.4 is 14.8 Å². The monoisotopic (exact) mass is 366 g/mol. The van der Waals surface area contributed by atoms with Crippen molar-refractivity contribution in [3.8, 4) is 5.75 Å². The number of nitrogens with two attached hydrogens (primary N) is 1. The van der Waals surface area contributed by atoms with Crippen LogP contribution in [0.1, 0.15) is 12.8 Å². The van der Waals surface area contributed by atoms with E-state index >= 15 is 0 Å². The Kier molecular flexibility index (Phi) is 4.99. The number of primary sulfonamides is 1. The van der Waals surface area contributed by atoms with E-state index in [1.54, 1.807) is 12.1 Å². The van der Waals surface area contributed by atoms with E-state index in [0.717, 1.165) is 37.4 Å². The van der Waals surface area contributed by atoms with Crippen molar-refractivity contribution in [2.24, 2.45) is 5.14 Å². The van der Waals surface area contributed by atoms with Gasteiger partial charge in [0.05, 0.1) is 11.4 Å². The summed E-state index contributed by atoms with van der Waals surface area (Å²) in [5, 5.41) is 5.82. The van der Waals surface area contributed by atoms with Crippen LogP contribution in [0.25, 0.3) is 0 Å². The first-order valence-corrected chi connectivity index (χ1v) is 9.64. The summed E-state index contributed by atoms with van der Waals surface area (Å²) < 4.78 is 28.7. The molecule has 1 saturated heterocycles. The molecule has 0 bridgehead atoms. The number of halogens is 1. The lowest BCUT2D eigenvalue weighted by atomic mass is 10.1. The average Bonchev–Trinajstić information content (AvgIpc) is 2.57. The van der Waals surface area contributed by atoms with Crippen molar-refractivity contribution in [2.75, 3.05) is 18.0 Å². The molecule has 0 aliphatic carbocycles. The summed E-state index contributed by atoms with van der Waals surface area (Å²) in [6.07, 6.45) is 2.07. The molecule has 7 heteroatoms. The van der Waals surface area contributed by atoms with Gasteiger partial charge in [0.1, 0.15) is 11.9 Å². The minimum Gasteiger partial charge on any atom is -0.489 e. The summed E-state index contributed by atoms with van der Waals surface area (Å²) in [6, 6.07) is 14.0. The molecule has 128 valence electrons. The molecule has 1 heterocycles.